The van der Waals surface area contributed by atoms with Crippen molar-refractivity contribution in [3.05, 3.63) is 34.6 Å². The first kappa shape index (κ1) is 15.2. The van der Waals surface area contributed by atoms with Gasteiger partial charge in [-0.15, -0.1) is 0 Å². The minimum atomic E-state index is -0.340. The lowest BCUT2D eigenvalue weighted by atomic mass is 10.1. The molecule has 0 radical (unpaired) electrons. The number of nitrogens with zero attached hydrogens (tertiary/aromatic N) is 2. The summed E-state index contributed by atoms with van der Waals surface area (Å²) < 4.78 is 13.3. The van der Waals surface area contributed by atoms with Crippen LogP contribution in [0.1, 0.15) is 24.9 Å². The molecule has 2 atom stereocenters. The Hall–Kier alpha value is -0.680. The molecule has 0 bridgehead atoms. The summed E-state index contributed by atoms with van der Waals surface area (Å²) in [6.07, 6.45) is 1.22. The maximum atomic E-state index is 13.3. The molecule has 21 heavy (non-hydrogen) atoms. The zero-order chi connectivity index (χ0) is 14.8. The van der Waals surface area contributed by atoms with Crippen molar-refractivity contribution in [1.82, 2.24) is 15.1 Å². The van der Waals surface area contributed by atoms with Gasteiger partial charge in [0.15, 0.2) is 0 Å². The van der Waals surface area contributed by atoms with Gasteiger partial charge in [-0.2, -0.15) is 0 Å². The van der Waals surface area contributed by atoms with E-state index in [1.165, 1.54) is 12.5 Å². The fourth-order valence-corrected chi connectivity index (χ4v) is 3.64. The van der Waals surface area contributed by atoms with Crippen molar-refractivity contribution in [3.63, 3.8) is 0 Å². The predicted octanol–water partition coefficient (Wildman–Crippen LogP) is 2.52. The second-order valence-corrected chi connectivity index (χ2v) is 6.48. The Morgan fingerprint density at radius 1 is 1.29 bits per heavy atom. The van der Waals surface area contributed by atoms with Gasteiger partial charge in [0.05, 0.1) is 5.02 Å². The summed E-state index contributed by atoms with van der Waals surface area (Å²) >= 11 is 5.91. The topological polar surface area (TPSA) is 18.5 Å². The quantitative estimate of drug-likeness (QED) is 0.925. The lowest BCUT2D eigenvalue weighted by Crippen LogP contribution is -2.49. The zero-order valence-electron chi connectivity index (χ0n) is 12.5. The molecule has 1 aromatic carbocycles. The second kappa shape index (κ2) is 6.61. The van der Waals surface area contributed by atoms with Crippen LogP contribution in [-0.4, -0.2) is 55.1 Å². The van der Waals surface area contributed by atoms with Crippen LogP contribution in [0, 0.1) is 5.82 Å². The molecule has 2 unspecified atom stereocenters. The van der Waals surface area contributed by atoms with Crippen molar-refractivity contribution in [2.24, 2.45) is 0 Å². The summed E-state index contributed by atoms with van der Waals surface area (Å²) in [4.78, 5) is 5.08. The van der Waals surface area contributed by atoms with Crippen molar-refractivity contribution >= 4 is 11.6 Å². The molecule has 0 saturated carbocycles. The minimum absolute atomic E-state index is 0.220. The van der Waals surface area contributed by atoms with Crippen molar-refractivity contribution in [2.75, 3.05) is 39.3 Å². The summed E-state index contributed by atoms with van der Waals surface area (Å²) in [7, 11) is 0. The number of halogens is 2. The molecule has 2 aliphatic rings. The van der Waals surface area contributed by atoms with Crippen LogP contribution < -0.4 is 5.32 Å². The highest BCUT2D eigenvalue weighted by Gasteiger charge is 2.31. The van der Waals surface area contributed by atoms with Crippen LogP contribution in [0.3, 0.4) is 0 Å². The minimum Gasteiger partial charge on any atom is -0.314 e. The van der Waals surface area contributed by atoms with Gasteiger partial charge >= 0.3 is 0 Å². The van der Waals surface area contributed by atoms with Gasteiger partial charge in [-0.05, 0) is 31.0 Å². The van der Waals surface area contributed by atoms with Gasteiger partial charge in [0.25, 0.3) is 0 Å². The van der Waals surface area contributed by atoms with Crippen molar-refractivity contribution < 1.29 is 4.39 Å². The highest BCUT2D eigenvalue weighted by molar-refractivity contribution is 6.30. The van der Waals surface area contributed by atoms with Crippen LogP contribution in [0.2, 0.25) is 5.02 Å². The summed E-state index contributed by atoms with van der Waals surface area (Å²) in [6.45, 7) is 8.87. The van der Waals surface area contributed by atoms with Crippen LogP contribution in [0.15, 0.2) is 18.2 Å². The largest absolute Gasteiger partial charge is 0.314 e. The smallest absolute Gasteiger partial charge is 0.141 e. The van der Waals surface area contributed by atoms with Crippen molar-refractivity contribution in [1.29, 1.82) is 0 Å². The fourth-order valence-electron chi connectivity index (χ4n) is 3.45. The van der Waals surface area contributed by atoms with E-state index in [4.69, 9.17) is 11.6 Å². The average Bonchev–Trinajstić information content (AvgIpc) is 3.00. The van der Waals surface area contributed by atoms with E-state index in [9.17, 15) is 4.39 Å². The molecule has 2 fully saturated rings. The molecule has 116 valence electrons. The van der Waals surface area contributed by atoms with Gasteiger partial charge in [-0.3, -0.25) is 9.80 Å². The highest BCUT2D eigenvalue weighted by atomic mass is 35.5. The number of benzene rings is 1. The molecule has 2 saturated heterocycles. The Kier molecular flexibility index (Phi) is 4.79. The number of hydrogen-bond acceptors (Lipinski definition) is 3. The molecule has 0 aromatic heterocycles. The predicted molar refractivity (Wildman–Crippen MR) is 84.2 cm³/mol. The van der Waals surface area contributed by atoms with E-state index in [1.54, 1.807) is 6.07 Å². The Morgan fingerprint density at radius 3 is 2.76 bits per heavy atom. The third-order valence-electron chi connectivity index (χ3n) is 4.84. The first-order valence-electron chi connectivity index (χ1n) is 7.79. The van der Waals surface area contributed by atoms with Gasteiger partial charge in [0.1, 0.15) is 5.82 Å². The molecular weight excluding hydrogens is 289 g/mol. The maximum Gasteiger partial charge on any atom is 0.141 e. The number of nitrogens with one attached hydrogen (secondary N) is 1. The number of piperazine rings is 1. The number of hydrogen-bond donors (Lipinski definition) is 1. The van der Waals surface area contributed by atoms with E-state index in [-0.39, 0.29) is 16.9 Å². The van der Waals surface area contributed by atoms with Crippen molar-refractivity contribution in [3.8, 4) is 0 Å². The molecule has 1 N–H and O–H groups in total. The average molecular weight is 312 g/mol. The summed E-state index contributed by atoms with van der Waals surface area (Å²) in [6, 6.07) is 6.03. The molecule has 3 nitrogen and oxygen atoms in total. The third-order valence-corrected chi connectivity index (χ3v) is 5.13. The molecule has 0 spiro atoms. The molecule has 0 amide bonds. The lowest BCUT2D eigenvalue weighted by Gasteiger charge is -2.33. The summed E-state index contributed by atoms with van der Waals surface area (Å²) in [5, 5.41) is 3.62. The van der Waals surface area contributed by atoms with E-state index in [0.29, 0.717) is 6.04 Å². The lowest BCUT2D eigenvalue weighted by molar-refractivity contribution is 0.162. The first-order chi connectivity index (χ1) is 10.1. The molecule has 3 rings (SSSR count). The monoisotopic (exact) mass is 311 g/mol. The Bertz CT molecular complexity index is 490. The van der Waals surface area contributed by atoms with Crippen LogP contribution in [0.5, 0.6) is 0 Å². The van der Waals surface area contributed by atoms with E-state index in [0.717, 1.165) is 44.8 Å². The summed E-state index contributed by atoms with van der Waals surface area (Å²) in [5.41, 5.74) is 1.10. The van der Waals surface area contributed by atoms with Gasteiger partial charge in [-0.1, -0.05) is 17.7 Å². The molecule has 2 heterocycles. The molecule has 5 heteroatoms. The molecule has 2 aliphatic heterocycles. The molecule has 1 aromatic rings. The Balaban J connectivity index is 1.63. The number of likely N-dealkylation sites (tertiary alicyclic amines) is 1. The van der Waals surface area contributed by atoms with E-state index in [1.807, 2.05) is 6.07 Å². The SMILES string of the molecule is CC(c1ccc(F)c(Cl)c1)N1CCC(N2CCNCC2)C1. The van der Waals surface area contributed by atoms with E-state index in [2.05, 4.69) is 22.0 Å². The van der Waals surface area contributed by atoms with E-state index >= 15 is 0 Å². The standard InChI is InChI=1S/C16H23ClFN3/c1-12(13-2-3-16(18)15(17)10-13)21-7-4-14(11-21)20-8-5-19-6-9-20/h2-3,10,12,14,19H,4-9,11H2,1H3. The molecule has 0 aliphatic carbocycles. The van der Waals surface area contributed by atoms with Gasteiger partial charge in [-0.25, -0.2) is 4.39 Å². The van der Waals surface area contributed by atoms with Crippen LogP contribution in [0.25, 0.3) is 0 Å². The van der Waals surface area contributed by atoms with Gasteiger partial charge < -0.3 is 5.32 Å². The Morgan fingerprint density at radius 2 is 2.05 bits per heavy atom. The highest BCUT2D eigenvalue weighted by Crippen LogP contribution is 2.29. The Labute approximate surface area is 131 Å². The normalized spacial score (nSPS) is 26.1. The first-order valence-corrected chi connectivity index (χ1v) is 8.16. The van der Waals surface area contributed by atoms with Crippen LogP contribution in [0.4, 0.5) is 4.39 Å². The maximum absolute atomic E-state index is 13.3. The van der Waals surface area contributed by atoms with Gasteiger partial charge in [0, 0.05) is 51.4 Å². The van der Waals surface area contributed by atoms with Gasteiger partial charge in [0.2, 0.25) is 0 Å². The van der Waals surface area contributed by atoms with Crippen LogP contribution in [-0.2, 0) is 0 Å². The fraction of sp³-hybridized carbons (Fsp3) is 0.625. The number of rotatable bonds is 3. The summed E-state index contributed by atoms with van der Waals surface area (Å²) in [5.74, 6) is -0.340. The molecular formula is C16H23ClFN3. The zero-order valence-corrected chi connectivity index (χ0v) is 13.2. The second-order valence-electron chi connectivity index (χ2n) is 6.07. The van der Waals surface area contributed by atoms with Crippen LogP contribution >= 0.6 is 11.6 Å². The van der Waals surface area contributed by atoms with Crippen molar-refractivity contribution in [2.45, 2.75) is 25.4 Å². The van der Waals surface area contributed by atoms with E-state index < -0.39 is 0 Å². The third kappa shape index (κ3) is 3.39.